The van der Waals surface area contributed by atoms with Crippen LogP contribution in [0.3, 0.4) is 0 Å². The predicted molar refractivity (Wildman–Crippen MR) is 136 cm³/mol. The Hall–Kier alpha value is -2.88. The molecule has 3 aliphatic rings. The molecule has 2 aliphatic heterocycles. The number of nitrogen functional groups attached to an aromatic ring is 1. The number of rotatable bonds is 2. The van der Waals surface area contributed by atoms with Crippen molar-refractivity contribution in [1.29, 1.82) is 0 Å². The van der Waals surface area contributed by atoms with Gasteiger partial charge in [-0.3, -0.25) is 9.69 Å². The first-order valence-electron chi connectivity index (χ1n) is 11.8. The summed E-state index contributed by atoms with van der Waals surface area (Å²) < 4.78 is 1.71. The number of hydrogen-bond donors (Lipinski definition) is 2. The van der Waals surface area contributed by atoms with Crippen LogP contribution in [0.1, 0.15) is 46.9 Å². The molecule has 0 bridgehead atoms. The van der Waals surface area contributed by atoms with Gasteiger partial charge in [0.1, 0.15) is 5.02 Å². The van der Waals surface area contributed by atoms with Crippen LogP contribution in [0.4, 0.5) is 17.5 Å². The maximum Gasteiger partial charge on any atom is 0.281 e. The van der Waals surface area contributed by atoms with Crippen LogP contribution in [-0.4, -0.2) is 45.3 Å². The molecule has 1 spiro atoms. The van der Waals surface area contributed by atoms with Gasteiger partial charge < -0.3 is 16.4 Å². The van der Waals surface area contributed by atoms with Crippen LogP contribution in [-0.2, 0) is 13.0 Å². The highest BCUT2D eigenvalue weighted by molar-refractivity contribution is 6.34. The van der Waals surface area contributed by atoms with Gasteiger partial charge in [-0.05, 0) is 42.2 Å². The van der Waals surface area contributed by atoms with E-state index in [-0.39, 0.29) is 34.0 Å². The molecule has 182 valence electrons. The first kappa shape index (κ1) is 22.6. The largest absolute Gasteiger partial charge is 0.382 e. The van der Waals surface area contributed by atoms with Gasteiger partial charge in [0.25, 0.3) is 5.91 Å². The lowest BCUT2D eigenvalue weighted by Crippen LogP contribution is -2.45. The number of piperidine rings is 1. The van der Waals surface area contributed by atoms with Gasteiger partial charge >= 0.3 is 0 Å². The van der Waals surface area contributed by atoms with Crippen molar-refractivity contribution in [3.05, 3.63) is 57.5 Å². The Labute approximate surface area is 213 Å². The van der Waals surface area contributed by atoms with Gasteiger partial charge in [0.15, 0.2) is 28.3 Å². The van der Waals surface area contributed by atoms with Crippen molar-refractivity contribution in [3.8, 4) is 0 Å². The van der Waals surface area contributed by atoms with E-state index in [0.29, 0.717) is 29.7 Å². The molecule has 35 heavy (non-hydrogen) atoms. The van der Waals surface area contributed by atoms with Crippen LogP contribution >= 0.6 is 23.2 Å². The second kappa shape index (κ2) is 8.36. The van der Waals surface area contributed by atoms with Crippen LogP contribution in [0.25, 0.3) is 0 Å². The second-order valence-electron chi connectivity index (χ2n) is 9.62. The number of anilines is 3. The molecule has 1 aromatic carbocycles. The molecule has 1 fully saturated rings. The number of fused-ring (bicyclic) bond motifs is 2. The summed E-state index contributed by atoms with van der Waals surface area (Å²) in [5.74, 6) is 0.701. The zero-order valence-corrected chi connectivity index (χ0v) is 20.6. The molecule has 2 aromatic heterocycles. The molecule has 3 aromatic rings. The molecule has 0 radical (unpaired) electrons. The van der Waals surface area contributed by atoms with Crippen molar-refractivity contribution in [3.63, 3.8) is 0 Å². The number of carbonyl (C=O) groups is 1. The molecule has 0 unspecified atom stereocenters. The standard InChI is InChI=1S/C24H26Cl2N8O/c25-16-13-29-34-9-3-8-33(22(16)34)23(35)17-20(28)31-21(19(26)30-17)32-10-6-24(7-11-32)12-14-4-1-2-5-15(14)18(24)27/h1-2,4-5,13,18H,3,6-12,27H2,(H2,28,31)/t18-/m1/s1. The molecule has 6 rings (SSSR count). The van der Waals surface area contributed by atoms with Gasteiger partial charge in [-0.1, -0.05) is 47.5 Å². The molecule has 4 N–H and O–H groups in total. The fraction of sp³-hybridized carbons (Fsp3) is 0.417. The van der Waals surface area contributed by atoms with Crippen molar-refractivity contribution in [2.75, 3.05) is 35.2 Å². The van der Waals surface area contributed by atoms with Crippen molar-refractivity contribution < 1.29 is 4.79 Å². The molecule has 1 saturated heterocycles. The zero-order valence-electron chi connectivity index (χ0n) is 19.1. The second-order valence-corrected chi connectivity index (χ2v) is 10.4. The molecule has 1 amide bonds. The average Bonchev–Trinajstić information content (AvgIpc) is 3.38. The number of aryl methyl sites for hydroxylation is 1. The topological polar surface area (TPSA) is 119 Å². The number of hydrogen-bond acceptors (Lipinski definition) is 7. The third-order valence-electron chi connectivity index (χ3n) is 7.74. The van der Waals surface area contributed by atoms with E-state index in [1.165, 1.54) is 17.3 Å². The average molecular weight is 513 g/mol. The lowest BCUT2D eigenvalue weighted by Gasteiger charge is -2.42. The van der Waals surface area contributed by atoms with E-state index in [0.717, 1.165) is 38.8 Å². The highest BCUT2D eigenvalue weighted by atomic mass is 35.5. The van der Waals surface area contributed by atoms with E-state index < -0.39 is 0 Å². The number of amides is 1. The zero-order chi connectivity index (χ0) is 24.3. The normalized spacial score (nSPS) is 20.7. The van der Waals surface area contributed by atoms with Crippen LogP contribution in [0.15, 0.2) is 30.5 Å². The SMILES string of the molecule is Nc1nc(N2CCC3(CC2)Cc2ccccc2[C@H]3N)c(Cl)nc1C(=O)N1CCCn2ncc(Cl)c21. The number of aromatic nitrogens is 4. The van der Waals surface area contributed by atoms with Crippen LogP contribution < -0.4 is 21.3 Å². The molecule has 1 aliphatic carbocycles. The number of nitrogens with zero attached hydrogens (tertiary/aromatic N) is 6. The van der Waals surface area contributed by atoms with Crippen LogP contribution in [0, 0.1) is 5.41 Å². The summed E-state index contributed by atoms with van der Waals surface area (Å²) in [6, 6.07) is 8.48. The van der Waals surface area contributed by atoms with E-state index in [2.05, 4.69) is 44.2 Å². The Morgan fingerprint density at radius 1 is 1.09 bits per heavy atom. The van der Waals surface area contributed by atoms with E-state index in [1.807, 2.05) is 0 Å². The Kier molecular flexibility index (Phi) is 5.39. The first-order chi connectivity index (χ1) is 16.9. The summed E-state index contributed by atoms with van der Waals surface area (Å²) in [6.07, 6.45) is 5.10. The summed E-state index contributed by atoms with van der Waals surface area (Å²) in [6.45, 7) is 2.66. The minimum atomic E-state index is -0.390. The third kappa shape index (κ3) is 3.56. The van der Waals surface area contributed by atoms with E-state index in [4.69, 9.17) is 34.7 Å². The fourth-order valence-corrected chi connectivity index (χ4v) is 6.33. The summed E-state index contributed by atoms with van der Waals surface area (Å²) in [4.78, 5) is 25.9. The number of carbonyl (C=O) groups excluding carboxylic acids is 1. The van der Waals surface area contributed by atoms with Gasteiger partial charge in [-0.2, -0.15) is 5.10 Å². The fourth-order valence-electron chi connectivity index (χ4n) is 5.84. The third-order valence-corrected chi connectivity index (χ3v) is 8.26. The maximum atomic E-state index is 13.3. The van der Waals surface area contributed by atoms with Gasteiger partial charge in [-0.15, -0.1) is 0 Å². The molecular formula is C24H26Cl2N8O. The summed E-state index contributed by atoms with van der Waals surface area (Å²) in [5.41, 5.74) is 15.6. The number of benzene rings is 1. The van der Waals surface area contributed by atoms with Gasteiger partial charge in [0.2, 0.25) is 0 Å². The van der Waals surface area contributed by atoms with Crippen LogP contribution in [0.2, 0.25) is 10.2 Å². The van der Waals surface area contributed by atoms with Gasteiger partial charge in [-0.25, -0.2) is 14.6 Å². The van der Waals surface area contributed by atoms with E-state index in [1.54, 1.807) is 9.58 Å². The monoisotopic (exact) mass is 512 g/mol. The lowest BCUT2D eigenvalue weighted by molar-refractivity contribution is 0.0977. The smallest absolute Gasteiger partial charge is 0.281 e. The van der Waals surface area contributed by atoms with Crippen molar-refractivity contribution in [2.45, 2.75) is 38.3 Å². The summed E-state index contributed by atoms with van der Waals surface area (Å²) in [5, 5.41) is 4.79. The highest BCUT2D eigenvalue weighted by Gasteiger charge is 2.46. The van der Waals surface area contributed by atoms with E-state index in [9.17, 15) is 4.79 Å². The summed E-state index contributed by atoms with van der Waals surface area (Å²) >= 11 is 12.9. The molecular weight excluding hydrogens is 487 g/mol. The predicted octanol–water partition coefficient (Wildman–Crippen LogP) is 3.46. The maximum absolute atomic E-state index is 13.3. The van der Waals surface area contributed by atoms with Gasteiger partial charge in [0.05, 0.1) is 6.20 Å². The molecule has 1 atom stereocenters. The molecule has 9 nitrogen and oxygen atoms in total. The molecule has 11 heteroatoms. The Balaban J connectivity index is 1.22. The molecule has 0 saturated carbocycles. The minimum absolute atomic E-state index is 0.0196. The van der Waals surface area contributed by atoms with Crippen molar-refractivity contribution >= 4 is 46.6 Å². The minimum Gasteiger partial charge on any atom is -0.382 e. The molecule has 4 heterocycles. The quantitative estimate of drug-likeness (QED) is 0.539. The highest BCUT2D eigenvalue weighted by Crippen LogP contribution is 2.51. The van der Waals surface area contributed by atoms with Crippen LogP contribution in [0.5, 0.6) is 0 Å². The van der Waals surface area contributed by atoms with Gasteiger partial charge in [0, 0.05) is 32.2 Å². The Morgan fingerprint density at radius 3 is 2.63 bits per heavy atom. The number of halogens is 2. The lowest BCUT2D eigenvalue weighted by atomic mass is 9.73. The Morgan fingerprint density at radius 2 is 1.86 bits per heavy atom. The Bertz CT molecular complexity index is 1320. The number of nitrogens with two attached hydrogens (primary N) is 2. The van der Waals surface area contributed by atoms with Crippen molar-refractivity contribution in [1.82, 2.24) is 19.7 Å². The van der Waals surface area contributed by atoms with Crippen molar-refractivity contribution in [2.24, 2.45) is 11.1 Å². The first-order valence-corrected chi connectivity index (χ1v) is 12.6. The van der Waals surface area contributed by atoms with E-state index >= 15 is 0 Å². The summed E-state index contributed by atoms with van der Waals surface area (Å²) in [7, 11) is 0.